The molecule has 0 amide bonds. The Morgan fingerprint density at radius 1 is 1.50 bits per heavy atom. The van der Waals surface area contributed by atoms with E-state index in [-0.39, 0.29) is 11.5 Å². The summed E-state index contributed by atoms with van der Waals surface area (Å²) in [4.78, 5) is 0. The van der Waals surface area contributed by atoms with Crippen LogP contribution in [-0.2, 0) is 6.42 Å². The molecule has 0 aromatic heterocycles. The van der Waals surface area contributed by atoms with Crippen LogP contribution in [0, 0.1) is 12.7 Å². The second kappa shape index (κ2) is 3.63. The monoisotopic (exact) mass is 226 g/mol. The number of methoxy groups -OCH3 is 1. The van der Waals surface area contributed by atoms with Crippen molar-refractivity contribution in [3.8, 4) is 11.5 Å². The molecule has 0 aliphatic heterocycles. The molecule has 3 nitrogen and oxygen atoms in total. The first-order valence-corrected chi connectivity index (χ1v) is 5.24. The maximum Gasteiger partial charge on any atom is 0.196 e. The number of ether oxygens (including phenoxy) is 1. The highest BCUT2D eigenvalue weighted by Gasteiger charge is 2.40. The lowest BCUT2D eigenvalue weighted by molar-refractivity contribution is 0.150. The van der Waals surface area contributed by atoms with Crippen LogP contribution in [0.15, 0.2) is 6.07 Å². The SMILES string of the molecule is COc1c(F)cc(CC2(O)CC2)c(C)c1O. The summed E-state index contributed by atoms with van der Waals surface area (Å²) in [6.45, 7) is 1.69. The molecule has 1 fully saturated rings. The molecular weight excluding hydrogens is 211 g/mol. The number of halogens is 1. The Morgan fingerprint density at radius 3 is 2.62 bits per heavy atom. The number of rotatable bonds is 3. The fourth-order valence-electron chi connectivity index (χ4n) is 1.82. The third kappa shape index (κ3) is 1.85. The topological polar surface area (TPSA) is 49.7 Å². The van der Waals surface area contributed by atoms with Crippen LogP contribution in [-0.4, -0.2) is 22.9 Å². The van der Waals surface area contributed by atoms with E-state index in [1.165, 1.54) is 13.2 Å². The lowest BCUT2D eigenvalue weighted by Crippen LogP contribution is -2.12. The number of aliphatic hydroxyl groups is 1. The molecule has 2 N–H and O–H groups in total. The van der Waals surface area contributed by atoms with Crippen molar-refractivity contribution >= 4 is 0 Å². The summed E-state index contributed by atoms with van der Waals surface area (Å²) in [6.07, 6.45) is 1.86. The van der Waals surface area contributed by atoms with Crippen LogP contribution in [0.1, 0.15) is 24.0 Å². The molecule has 0 heterocycles. The molecule has 1 aliphatic rings. The lowest BCUT2D eigenvalue weighted by atomic mass is 10.00. The Hall–Kier alpha value is -1.29. The van der Waals surface area contributed by atoms with E-state index in [1.54, 1.807) is 6.92 Å². The third-order valence-corrected chi connectivity index (χ3v) is 3.12. The summed E-state index contributed by atoms with van der Waals surface area (Å²) in [5, 5.41) is 19.5. The summed E-state index contributed by atoms with van der Waals surface area (Å²) in [5.74, 6) is -0.907. The fourth-order valence-corrected chi connectivity index (χ4v) is 1.82. The molecule has 2 rings (SSSR count). The van der Waals surface area contributed by atoms with Crippen LogP contribution in [0.25, 0.3) is 0 Å². The van der Waals surface area contributed by atoms with Gasteiger partial charge in [0.15, 0.2) is 17.3 Å². The first kappa shape index (κ1) is 11.2. The van der Waals surface area contributed by atoms with E-state index in [9.17, 15) is 14.6 Å². The summed E-state index contributed by atoms with van der Waals surface area (Å²) < 4.78 is 18.3. The van der Waals surface area contributed by atoms with Crippen molar-refractivity contribution in [3.05, 3.63) is 23.0 Å². The van der Waals surface area contributed by atoms with Gasteiger partial charge in [-0.15, -0.1) is 0 Å². The normalized spacial score (nSPS) is 17.2. The molecule has 1 aromatic carbocycles. The van der Waals surface area contributed by atoms with Gasteiger partial charge in [0.2, 0.25) is 0 Å². The van der Waals surface area contributed by atoms with E-state index in [0.717, 1.165) is 12.8 Å². The second-order valence-electron chi connectivity index (χ2n) is 4.43. The molecule has 0 spiro atoms. The summed E-state index contributed by atoms with van der Waals surface area (Å²) in [6, 6.07) is 1.32. The molecule has 0 unspecified atom stereocenters. The first-order valence-electron chi connectivity index (χ1n) is 5.24. The Labute approximate surface area is 93.5 Å². The highest BCUT2D eigenvalue weighted by Crippen LogP contribution is 2.42. The third-order valence-electron chi connectivity index (χ3n) is 3.12. The van der Waals surface area contributed by atoms with Crippen molar-refractivity contribution in [3.63, 3.8) is 0 Å². The minimum absolute atomic E-state index is 0.135. The van der Waals surface area contributed by atoms with Gasteiger partial charge in [-0.05, 0) is 37.0 Å². The van der Waals surface area contributed by atoms with Crippen LogP contribution < -0.4 is 4.74 Å². The van der Waals surface area contributed by atoms with Crippen molar-refractivity contribution in [1.82, 2.24) is 0 Å². The second-order valence-corrected chi connectivity index (χ2v) is 4.43. The minimum Gasteiger partial charge on any atom is -0.504 e. The first-order chi connectivity index (χ1) is 7.47. The van der Waals surface area contributed by atoms with Gasteiger partial charge < -0.3 is 14.9 Å². The smallest absolute Gasteiger partial charge is 0.196 e. The molecule has 4 heteroatoms. The highest BCUT2D eigenvalue weighted by atomic mass is 19.1. The van der Waals surface area contributed by atoms with Crippen LogP contribution >= 0.6 is 0 Å². The molecule has 0 saturated heterocycles. The van der Waals surface area contributed by atoms with E-state index in [4.69, 9.17) is 4.74 Å². The van der Waals surface area contributed by atoms with E-state index in [0.29, 0.717) is 17.5 Å². The van der Waals surface area contributed by atoms with Gasteiger partial charge in [0.1, 0.15) is 0 Å². The number of phenolic OH excluding ortho intramolecular Hbond substituents is 1. The molecule has 1 saturated carbocycles. The quantitative estimate of drug-likeness (QED) is 0.827. The zero-order valence-corrected chi connectivity index (χ0v) is 9.38. The number of aromatic hydroxyl groups is 1. The molecule has 0 bridgehead atoms. The van der Waals surface area contributed by atoms with Gasteiger partial charge in [-0.25, -0.2) is 4.39 Å². The number of phenols is 1. The highest BCUT2D eigenvalue weighted by molar-refractivity contribution is 5.50. The van der Waals surface area contributed by atoms with Gasteiger partial charge in [-0.2, -0.15) is 0 Å². The Morgan fingerprint density at radius 2 is 2.12 bits per heavy atom. The van der Waals surface area contributed by atoms with E-state index < -0.39 is 11.4 Å². The molecule has 0 atom stereocenters. The fraction of sp³-hybridized carbons (Fsp3) is 0.500. The van der Waals surface area contributed by atoms with E-state index in [1.807, 2.05) is 0 Å². The predicted octanol–water partition coefficient (Wildman–Crippen LogP) is 1.92. The molecule has 1 aromatic rings. The minimum atomic E-state index is -0.696. The van der Waals surface area contributed by atoms with Crippen molar-refractivity contribution in [1.29, 1.82) is 0 Å². The van der Waals surface area contributed by atoms with E-state index in [2.05, 4.69) is 0 Å². The van der Waals surface area contributed by atoms with Crippen molar-refractivity contribution in [2.75, 3.05) is 7.11 Å². The van der Waals surface area contributed by atoms with Crippen molar-refractivity contribution < 1.29 is 19.3 Å². The van der Waals surface area contributed by atoms with Gasteiger partial charge >= 0.3 is 0 Å². The van der Waals surface area contributed by atoms with E-state index >= 15 is 0 Å². The van der Waals surface area contributed by atoms with Crippen LogP contribution in [0.5, 0.6) is 11.5 Å². The van der Waals surface area contributed by atoms with Crippen molar-refractivity contribution in [2.24, 2.45) is 0 Å². The Balaban J connectivity index is 2.39. The Bertz CT molecular complexity index is 425. The predicted molar refractivity (Wildman–Crippen MR) is 57.2 cm³/mol. The molecular formula is C12H15FO3. The standard InChI is InChI=1S/C12H15FO3/c1-7-8(6-12(15)3-4-12)5-9(13)11(16-2)10(7)14/h5,14-15H,3-4,6H2,1-2H3. The average Bonchev–Trinajstić information content (AvgIpc) is 2.93. The van der Waals surface area contributed by atoms with Gasteiger partial charge in [0.05, 0.1) is 12.7 Å². The number of benzene rings is 1. The average molecular weight is 226 g/mol. The van der Waals surface area contributed by atoms with Crippen molar-refractivity contribution in [2.45, 2.75) is 31.8 Å². The van der Waals surface area contributed by atoms with Crippen LogP contribution in [0.3, 0.4) is 0 Å². The van der Waals surface area contributed by atoms with Crippen LogP contribution in [0.4, 0.5) is 4.39 Å². The number of hydrogen-bond acceptors (Lipinski definition) is 3. The maximum atomic E-state index is 13.5. The zero-order valence-electron chi connectivity index (χ0n) is 9.38. The zero-order chi connectivity index (χ0) is 11.9. The van der Waals surface area contributed by atoms with Gasteiger partial charge in [-0.1, -0.05) is 0 Å². The van der Waals surface area contributed by atoms with Crippen LogP contribution in [0.2, 0.25) is 0 Å². The molecule has 88 valence electrons. The summed E-state index contributed by atoms with van der Waals surface area (Å²) in [7, 11) is 1.31. The lowest BCUT2D eigenvalue weighted by Gasteiger charge is -2.14. The number of hydrogen-bond donors (Lipinski definition) is 2. The van der Waals surface area contributed by atoms with Gasteiger partial charge in [0, 0.05) is 6.42 Å². The summed E-state index contributed by atoms with van der Waals surface area (Å²) in [5.41, 5.74) is 0.507. The van der Waals surface area contributed by atoms with Gasteiger partial charge in [0.25, 0.3) is 0 Å². The summed E-state index contributed by atoms with van der Waals surface area (Å²) >= 11 is 0. The van der Waals surface area contributed by atoms with Gasteiger partial charge in [-0.3, -0.25) is 0 Å². The molecule has 1 aliphatic carbocycles. The largest absolute Gasteiger partial charge is 0.504 e. The maximum absolute atomic E-state index is 13.5. The molecule has 16 heavy (non-hydrogen) atoms. The molecule has 0 radical (unpaired) electrons. The Kier molecular flexibility index (Phi) is 2.54.